The molecular weight excluding hydrogens is 314 g/mol. The zero-order valence-electron chi connectivity index (χ0n) is 12.7. The Morgan fingerprint density at radius 3 is 2.38 bits per heavy atom. The van der Waals surface area contributed by atoms with E-state index in [0.29, 0.717) is 11.6 Å². The van der Waals surface area contributed by atoms with E-state index in [1.165, 1.54) is 12.4 Å². The van der Waals surface area contributed by atoms with E-state index in [-0.39, 0.29) is 17.2 Å². The summed E-state index contributed by atoms with van der Waals surface area (Å²) in [4.78, 5) is 12.2. The molecule has 2 aromatic heterocycles. The predicted octanol–water partition coefficient (Wildman–Crippen LogP) is 3.53. The third-order valence-corrected chi connectivity index (χ3v) is 3.23. The van der Waals surface area contributed by atoms with E-state index in [9.17, 15) is 8.78 Å². The Morgan fingerprint density at radius 2 is 1.71 bits per heavy atom. The van der Waals surface area contributed by atoms with Crippen molar-refractivity contribution < 1.29 is 8.78 Å². The predicted molar refractivity (Wildman–Crippen MR) is 88.3 cm³/mol. The number of anilines is 5. The first kappa shape index (κ1) is 15.6. The molecule has 8 heteroatoms. The van der Waals surface area contributed by atoms with Crippen LogP contribution in [-0.4, -0.2) is 15.0 Å². The Hall–Kier alpha value is -3.29. The van der Waals surface area contributed by atoms with Gasteiger partial charge in [0.05, 0.1) is 5.69 Å². The molecule has 1 aromatic carbocycles. The van der Waals surface area contributed by atoms with Gasteiger partial charge < -0.3 is 16.4 Å². The van der Waals surface area contributed by atoms with E-state index >= 15 is 0 Å². The molecule has 0 bridgehead atoms. The molecule has 0 aliphatic heterocycles. The summed E-state index contributed by atoms with van der Waals surface area (Å²) < 4.78 is 26.7. The Labute approximate surface area is 136 Å². The number of pyridine rings is 1. The molecule has 0 saturated carbocycles. The summed E-state index contributed by atoms with van der Waals surface area (Å²) >= 11 is 0. The highest BCUT2D eigenvalue weighted by Gasteiger charge is 2.11. The summed E-state index contributed by atoms with van der Waals surface area (Å²) in [6, 6.07) is 6.84. The maximum absolute atomic E-state index is 13.7. The molecule has 122 valence electrons. The summed E-state index contributed by atoms with van der Waals surface area (Å²) in [7, 11) is 0. The first-order valence-electron chi connectivity index (χ1n) is 7.05. The number of hydrogen-bond donors (Lipinski definition) is 3. The maximum Gasteiger partial charge on any atom is 0.160 e. The number of hydrogen-bond acceptors (Lipinski definition) is 6. The number of nitrogens with zero attached hydrogens (tertiary/aromatic N) is 3. The second-order valence-corrected chi connectivity index (χ2v) is 5.08. The molecule has 0 amide bonds. The molecule has 0 fully saturated rings. The normalized spacial score (nSPS) is 10.5. The summed E-state index contributed by atoms with van der Waals surface area (Å²) in [6.07, 6.45) is 2.98. The fraction of sp³-hybridized carbons (Fsp3) is 0.0625. The minimum Gasteiger partial charge on any atom is -0.393 e. The van der Waals surface area contributed by atoms with Crippen LogP contribution < -0.4 is 16.4 Å². The molecule has 2 heterocycles. The number of halogens is 2. The van der Waals surface area contributed by atoms with Crippen LogP contribution >= 0.6 is 0 Å². The molecule has 0 aliphatic carbocycles. The van der Waals surface area contributed by atoms with E-state index in [4.69, 9.17) is 5.73 Å². The van der Waals surface area contributed by atoms with Crippen molar-refractivity contribution in [3.05, 3.63) is 60.1 Å². The topological polar surface area (TPSA) is 88.8 Å². The van der Waals surface area contributed by atoms with Gasteiger partial charge in [-0.3, -0.25) is 0 Å². The molecule has 6 nitrogen and oxygen atoms in total. The van der Waals surface area contributed by atoms with Crippen molar-refractivity contribution in [1.82, 2.24) is 15.0 Å². The third-order valence-electron chi connectivity index (χ3n) is 3.23. The van der Waals surface area contributed by atoms with Crippen molar-refractivity contribution in [2.24, 2.45) is 0 Å². The molecule has 3 rings (SSSR count). The SMILES string of the molecule is Cc1ccc(Nc2ncnc(Nc3ccc(F)cc3F)c2N)nc1. The van der Waals surface area contributed by atoms with Gasteiger partial charge in [0.1, 0.15) is 29.5 Å². The fourth-order valence-corrected chi connectivity index (χ4v) is 1.98. The highest BCUT2D eigenvalue weighted by molar-refractivity contribution is 5.79. The molecule has 4 N–H and O–H groups in total. The second-order valence-electron chi connectivity index (χ2n) is 5.08. The molecule has 24 heavy (non-hydrogen) atoms. The van der Waals surface area contributed by atoms with Gasteiger partial charge in [-0.1, -0.05) is 6.07 Å². The van der Waals surface area contributed by atoms with Crippen molar-refractivity contribution >= 4 is 28.8 Å². The largest absolute Gasteiger partial charge is 0.393 e. The first-order chi connectivity index (χ1) is 11.5. The minimum absolute atomic E-state index is 0.0567. The smallest absolute Gasteiger partial charge is 0.160 e. The van der Waals surface area contributed by atoms with Gasteiger partial charge in [0.25, 0.3) is 0 Å². The highest BCUT2D eigenvalue weighted by atomic mass is 19.1. The van der Waals surface area contributed by atoms with Crippen molar-refractivity contribution in [2.45, 2.75) is 6.92 Å². The summed E-state index contributed by atoms with van der Waals surface area (Å²) in [5, 5.41) is 5.69. The molecule has 0 spiro atoms. The van der Waals surface area contributed by atoms with Gasteiger partial charge in [0.15, 0.2) is 11.6 Å². The zero-order valence-corrected chi connectivity index (χ0v) is 12.7. The number of nitrogens with two attached hydrogens (primary N) is 1. The molecule has 0 unspecified atom stereocenters. The standard InChI is InChI=1S/C16H14F2N6/c1-9-2-5-13(20-7-9)24-16-14(19)15(21-8-22-16)23-12-4-3-10(17)6-11(12)18/h2-8H,19H2,1H3,(H2,20,21,22,23,24). The number of rotatable bonds is 4. The highest BCUT2D eigenvalue weighted by Crippen LogP contribution is 2.28. The van der Waals surface area contributed by atoms with Crippen LogP contribution in [0.1, 0.15) is 5.56 Å². The first-order valence-corrected chi connectivity index (χ1v) is 7.05. The van der Waals surface area contributed by atoms with Crippen LogP contribution in [0.15, 0.2) is 42.9 Å². The number of aryl methyl sites for hydroxylation is 1. The number of aromatic nitrogens is 3. The molecule has 0 saturated heterocycles. The Kier molecular flexibility index (Phi) is 4.19. The average Bonchev–Trinajstić information content (AvgIpc) is 2.55. The van der Waals surface area contributed by atoms with Gasteiger partial charge in [-0.05, 0) is 30.7 Å². The molecule has 0 aliphatic rings. The zero-order chi connectivity index (χ0) is 17.1. The Bertz CT molecular complexity index is 867. The average molecular weight is 328 g/mol. The van der Waals surface area contributed by atoms with Crippen LogP contribution in [0.5, 0.6) is 0 Å². The van der Waals surface area contributed by atoms with E-state index in [2.05, 4.69) is 25.6 Å². The lowest BCUT2D eigenvalue weighted by atomic mass is 10.3. The lowest BCUT2D eigenvalue weighted by Gasteiger charge is -2.12. The molecule has 3 aromatic rings. The van der Waals surface area contributed by atoms with Crippen molar-refractivity contribution in [1.29, 1.82) is 0 Å². The Balaban J connectivity index is 1.86. The van der Waals surface area contributed by atoms with Gasteiger partial charge in [-0.15, -0.1) is 0 Å². The molecule has 0 radical (unpaired) electrons. The fourth-order valence-electron chi connectivity index (χ4n) is 1.98. The van der Waals surface area contributed by atoms with Crippen molar-refractivity contribution in [3.8, 4) is 0 Å². The van der Waals surface area contributed by atoms with E-state index in [0.717, 1.165) is 17.7 Å². The van der Waals surface area contributed by atoms with E-state index in [1.54, 1.807) is 12.3 Å². The lowest BCUT2D eigenvalue weighted by molar-refractivity contribution is 0.586. The van der Waals surface area contributed by atoms with Gasteiger partial charge in [0, 0.05) is 12.3 Å². The summed E-state index contributed by atoms with van der Waals surface area (Å²) in [6.45, 7) is 1.93. The lowest BCUT2D eigenvalue weighted by Crippen LogP contribution is -2.06. The van der Waals surface area contributed by atoms with Gasteiger partial charge in [-0.25, -0.2) is 23.7 Å². The maximum atomic E-state index is 13.7. The third kappa shape index (κ3) is 3.37. The van der Waals surface area contributed by atoms with E-state index in [1.807, 2.05) is 13.0 Å². The van der Waals surface area contributed by atoms with Crippen LogP contribution in [0.4, 0.5) is 37.6 Å². The van der Waals surface area contributed by atoms with Crippen LogP contribution in [0, 0.1) is 18.6 Å². The van der Waals surface area contributed by atoms with Crippen molar-refractivity contribution in [3.63, 3.8) is 0 Å². The van der Waals surface area contributed by atoms with Crippen LogP contribution in [0.2, 0.25) is 0 Å². The molecule has 0 atom stereocenters. The monoisotopic (exact) mass is 328 g/mol. The van der Waals surface area contributed by atoms with Crippen LogP contribution in [0.3, 0.4) is 0 Å². The minimum atomic E-state index is -0.747. The van der Waals surface area contributed by atoms with E-state index < -0.39 is 11.6 Å². The van der Waals surface area contributed by atoms with Crippen LogP contribution in [0.25, 0.3) is 0 Å². The van der Waals surface area contributed by atoms with Gasteiger partial charge in [-0.2, -0.15) is 0 Å². The Morgan fingerprint density at radius 1 is 0.958 bits per heavy atom. The number of nitrogens with one attached hydrogen (secondary N) is 2. The van der Waals surface area contributed by atoms with Crippen molar-refractivity contribution in [2.75, 3.05) is 16.4 Å². The summed E-state index contributed by atoms with van der Waals surface area (Å²) in [5.74, 6) is -0.328. The summed E-state index contributed by atoms with van der Waals surface area (Å²) in [5.41, 5.74) is 7.27. The second kappa shape index (κ2) is 6.45. The molecular formula is C16H14F2N6. The van der Waals surface area contributed by atoms with Crippen LogP contribution in [-0.2, 0) is 0 Å². The van der Waals surface area contributed by atoms with Gasteiger partial charge >= 0.3 is 0 Å². The number of benzene rings is 1. The number of nitrogen functional groups attached to an aromatic ring is 1. The quantitative estimate of drug-likeness (QED) is 0.679. The van der Waals surface area contributed by atoms with Gasteiger partial charge in [0.2, 0.25) is 0 Å².